The number of pyridine rings is 1. The Hall–Kier alpha value is -2.82. The molecule has 0 aliphatic heterocycles. The van der Waals surface area contributed by atoms with Crippen LogP contribution in [-0.4, -0.2) is 29.3 Å². The van der Waals surface area contributed by atoms with Gasteiger partial charge >= 0.3 is 5.97 Å². The number of aliphatic hydroxyl groups is 1. The summed E-state index contributed by atoms with van der Waals surface area (Å²) in [5.74, 6) is -0.608. The molecule has 1 N–H and O–H groups in total. The minimum Gasteiger partial charge on any atom is -0.502 e. The second-order valence-electron chi connectivity index (χ2n) is 4.75. The first-order valence-electron chi connectivity index (χ1n) is 7.39. The number of hydrogen-bond donors (Lipinski definition) is 1. The van der Waals surface area contributed by atoms with E-state index in [0.29, 0.717) is 18.1 Å². The lowest BCUT2D eigenvalue weighted by Crippen LogP contribution is -2.07. The number of aromatic nitrogens is 1. The van der Waals surface area contributed by atoms with Gasteiger partial charge in [-0.2, -0.15) is 0 Å². The highest BCUT2D eigenvalue weighted by molar-refractivity contribution is 5.90. The van der Waals surface area contributed by atoms with Crippen molar-refractivity contribution >= 4 is 12.0 Å². The van der Waals surface area contributed by atoms with Gasteiger partial charge in [-0.1, -0.05) is 30.3 Å². The van der Waals surface area contributed by atoms with Gasteiger partial charge in [0.05, 0.1) is 25.1 Å². The maximum Gasteiger partial charge on any atom is 0.373 e. The summed E-state index contributed by atoms with van der Waals surface area (Å²) in [5.41, 5.74) is 1.66. The third-order valence-corrected chi connectivity index (χ3v) is 3.03. The normalized spacial score (nSPS) is 11.1. The Bertz CT molecular complexity index is 650. The molecule has 0 atom stereocenters. The molecule has 5 heteroatoms. The van der Waals surface area contributed by atoms with E-state index < -0.39 is 11.7 Å². The molecule has 0 bridgehead atoms. The third-order valence-electron chi connectivity index (χ3n) is 3.03. The Labute approximate surface area is 135 Å². The average Bonchev–Trinajstić information content (AvgIpc) is 2.57. The molecule has 1 aromatic heterocycles. The lowest BCUT2D eigenvalue weighted by molar-refractivity contribution is -0.141. The van der Waals surface area contributed by atoms with E-state index in [-0.39, 0.29) is 6.61 Å². The lowest BCUT2D eigenvalue weighted by atomic mass is 10.2. The van der Waals surface area contributed by atoms with E-state index in [1.807, 2.05) is 30.3 Å². The van der Waals surface area contributed by atoms with Crippen LogP contribution in [0.3, 0.4) is 0 Å². The van der Waals surface area contributed by atoms with Crippen molar-refractivity contribution in [1.29, 1.82) is 0 Å². The van der Waals surface area contributed by atoms with Crippen molar-refractivity contribution in [1.82, 2.24) is 4.98 Å². The summed E-state index contributed by atoms with van der Waals surface area (Å²) < 4.78 is 10.3. The minimum atomic E-state index is -0.766. The van der Waals surface area contributed by atoms with Gasteiger partial charge in [-0.05, 0) is 24.6 Å². The van der Waals surface area contributed by atoms with Crippen molar-refractivity contribution in [3.63, 3.8) is 0 Å². The number of nitrogens with zero attached hydrogens (tertiary/aromatic N) is 1. The smallest absolute Gasteiger partial charge is 0.373 e. The molecule has 0 fully saturated rings. The standard InChI is InChI=1S/C18H19NO4/c1-2-22-18(21)17(20)12-15-8-9-16(13-19-15)23-11-10-14-6-4-3-5-7-14/h3-9,12-13,20H,2,10-11H2,1H3. The first-order chi connectivity index (χ1) is 11.2. The van der Waals surface area contributed by atoms with E-state index in [9.17, 15) is 9.90 Å². The van der Waals surface area contributed by atoms with E-state index in [2.05, 4.69) is 9.72 Å². The monoisotopic (exact) mass is 313 g/mol. The van der Waals surface area contributed by atoms with Gasteiger partial charge in [0.2, 0.25) is 5.76 Å². The van der Waals surface area contributed by atoms with E-state index in [0.717, 1.165) is 6.42 Å². The molecule has 120 valence electrons. The third kappa shape index (κ3) is 5.47. The van der Waals surface area contributed by atoms with Crippen LogP contribution >= 0.6 is 0 Å². The van der Waals surface area contributed by atoms with Gasteiger partial charge in [-0.15, -0.1) is 0 Å². The number of carbonyl (C=O) groups excluding carboxylic acids is 1. The second-order valence-corrected chi connectivity index (χ2v) is 4.75. The largest absolute Gasteiger partial charge is 0.502 e. The quantitative estimate of drug-likeness (QED) is 0.483. The van der Waals surface area contributed by atoms with Crippen LogP contribution in [-0.2, 0) is 16.0 Å². The van der Waals surface area contributed by atoms with Crippen LogP contribution in [0.4, 0.5) is 0 Å². The predicted octanol–water partition coefficient (Wildman–Crippen LogP) is 3.17. The molecule has 2 rings (SSSR count). The van der Waals surface area contributed by atoms with E-state index in [1.165, 1.54) is 11.6 Å². The van der Waals surface area contributed by atoms with Gasteiger partial charge in [0.15, 0.2) is 0 Å². The Kier molecular flexibility index (Phi) is 6.17. The fraction of sp³-hybridized carbons (Fsp3) is 0.222. The Balaban J connectivity index is 1.87. The molecule has 0 aliphatic carbocycles. The molecule has 1 aromatic carbocycles. The highest BCUT2D eigenvalue weighted by atomic mass is 16.5. The zero-order valence-electron chi connectivity index (χ0n) is 12.9. The van der Waals surface area contributed by atoms with Crippen LogP contribution in [0.1, 0.15) is 18.2 Å². The summed E-state index contributed by atoms with van der Waals surface area (Å²) in [4.78, 5) is 15.4. The van der Waals surface area contributed by atoms with Gasteiger partial charge in [0, 0.05) is 12.5 Å². The summed E-state index contributed by atoms with van der Waals surface area (Å²) in [5, 5.41) is 9.55. The molecule has 1 heterocycles. The molecule has 0 amide bonds. The number of esters is 1. The fourth-order valence-electron chi connectivity index (χ4n) is 1.90. The van der Waals surface area contributed by atoms with Crippen LogP contribution in [0.2, 0.25) is 0 Å². The minimum absolute atomic E-state index is 0.207. The average molecular weight is 313 g/mol. The number of benzene rings is 1. The van der Waals surface area contributed by atoms with Crippen LogP contribution in [0.25, 0.3) is 6.08 Å². The molecule has 0 spiro atoms. The zero-order chi connectivity index (χ0) is 16.5. The zero-order valence-corrected chi connectivity index (χ0v) is 12.9. The molecule has 5 nitrogen and oxygen atoms in total. The van der Waals surface area contributed by atoms with Gasteiger partial charge in [0.25, 0.3) is 0 Å². The second kappa shape index (κ2) is 8.58. The maximum absolute atomic E-state index is 11.3. The molecular formula is C18H19NO4. The SMILES string of the molecule is CCOC(=O)C(O)=Cc1ccc(OCCc2ccccc2)cn1. The van der Waals surface area contributed by atoms with Gasteiger partial charge < -0.3 is 14.6 Å². The highest BCUT2D eigenvalue weighted by Gasteiger charge is 2.08. The highest BCUT2D eigenvalue weighted by Crippen LogP contribution is 2.12. The number of hydrogen-bond acceptors (Lipinski definition) is 5. The van der Waals surface area contributed by atoms with E-state index in [4.69, 9.17) is 4.74 Å². The van der Waals surface area contributed by atoms with E-state index in [1.54, 1.807) is 25.3 Å². The van der Waals surface area contributed by atoms with Crippen molar-refractivity contribution in [2.75, 3.05) is 13.2 Å². The molecule has 0 unspecified atom stereocenters. The molecule has 0 saturated heterocycles. The van der Waals surface area contributed by atoms with Crippen molar-refractivity contribution in [3.8, 4) is 5.75 Å². The molecule has 2 aromatic rings. The Morgan fingerprint density at radius 2 is 2.00 bits per heavy atom. The van der Waals surface area contributed by atoms with E-state index >= 15 is 0 Å². The van der Waals surface area contributed by atoms with Gasteiger partial charge in [-0.3, -0.25) is 4.98 Å². The predicted molar refractivity (Wildman–Crippen MR) is 87.1 cm³/mol. The molecule has 23 heavy (non-hydrogen) atoms. The molecule has 0 radical (unpaired) electrons. The topological polar surface area (TPSA) is 68.7 Å². The maximum atomic E-state index is 11.3. The summed E-state index contributed by atoms with van der Waals surface area (Å²) in [6.07, 6.45) is 3.62. The summed E-state index contributed by atoms with van der Waals surface area (Å²) in [6.45, 7) is 2.43. The van der Waals surface area contributed by atoms with Crippen LogP contribution in [0.5, 0.6) is 5.75 Å². The van der Waals surface area contributed by atoms with Crippen molar-refractivity contribution in [3.05, 3.63) is 65.7 Å². The number of ether oxygens (including phenoxy) is 2. The lowest BCUT2D eigenvalue weighted by Gasteiger charge is -2.06. The number of rotatable bonds is 7. The first kappa shape index (κ1) is 16.5. The van der Waals surface area contributed by atoms with Crippen LogP contribution in [0, 0.1) is 0 Å². The van der Waals surface area contributed by atoms with Crippen molar-refractivity contribution < 1.29 is 19.4 Å². The number of carbonyl (C=O) groups is 1. The molecular weight excluding hydrogens is 294 g/mol. The summed E-state index contributed by atoms with van der Waals surface area (Å²) in [6, 6.07) is 13.5. The first-order valence-corrected chi connectivity index (χ1v) is 7.39. The van der Waals surface area contributed by atoms with Gasteiger partial charge in [-0.25, -0.2) is 4.79 Å². The van der Waals surface area contributed by atoms with Gasteiger partial charge in [0.1, 0.15) is 5.75 Å². The van der Waals surface area contributed by atoms with Crippen LogP contribution < -0.4 is 4.74 Å². The van der Waals surface area contributed by atoms with Crippen molar-refractivity contribution in [2.45, 2.75) is 13.3 Å². The van der Waals surface area contributed by atoms with Crippen LogP contribution in [0.15, 0.2) is 54.4 Å². The van der Waals surface area contributed by atoms with Crippen molar-refractivity contribution in [2.24, 2.45) is 0 Å². The molecule has 0 aliphatic rings. The fourth-order valence-corrected chi connectivity index (χ4v) is 1.90. The Morgan fingerprint density at radius 3 is 2.65 bits per heavy atom. The Morgan fingerprint density at radius 1 is 1.22 bits per heavy atom. The summed E-state index contributed by atoms with van der Waals surface area (Å²) >= 11 is 0. The summed E-state index contributed by atoms with van der Waals surface area (Å²) in [7, 11) is 0. The number of aliphatic hydroxyl groups excluding tert-OH is 1. The molecule has 0 saturated carbocycles.